The average Bonchev–Trinajstić information content (AvgIpc) is 2.46. The zero-order chi connectivity index (χ0) is 15.9. The van der Waals surface area contributed by atoms with E-state index in [2.05, 4.69) is 15.7 Å². The van der Waals surface area contributed by atoms with Crippen LogP contribution >= 0.6 is 0 Å². The third kappa shape index (κ3) is 2.46. The second kappa shape index (κ2) is 4.96. The number of halogens is 4. The van der Waals surface area contributed by atoms with E-state index in [9.17, 15) is 22.4 Å². The van der Waals surface area contributed by atoms with Crippen molar-refractivity contribution < 1.29 is 17.6 Å². The molecule has 0 amide bonds. The molecule has 1 aromatic carbocycles. The van der Waals surface area contributed by atoms with Gasteiger partial charge in [-0.3, -0.25) is 4.79 Å². The molecule has 0 atom stereocenters. The van der Waals surface area contributed by atoms with E-state index in [1.165, 1.54) is 0 Å². The van der Waals surface area contributed by atoms with Crippen molar-refractivity contribution in [2.24, 2.45) is 0 Å². The number of rotatable bonds is 1. The molecule has 0 saturated carbocycles. The summed E-state index contributed by atoms with van der Waals surface area (Å²) in [5.41, 5.74) is 0.556. The van der Waals surface area contributed by atoms with Crippen LogP contribution in [0.15, 0.2) is 29.1 Å². The summed E-state index contributed by atoms with van der Waals surface area (Å²) in [7, 11) is 0. The number of hydrogen-bond acceptors (Lipinski definition) is 2. The molecule has 3 rings (SSSR count). The molecule has 1 heterocycles. The van der Waals surface area contributed by atoms with Crippen LogP contribution in [0.4, 0.5) is 17.6 Å². The number of alkyl halides is 3. The maximum atomic E-state index is 13.3. The van der Waals surface area contributed by atoms with Gasteiger partial charge in [0.2, 0.25) is 0 Å². The Morgan fingerprint density at radius 3 is 2.77 bits per heavy atom. The van der Waals surface area contributed by atoms with Crippen LogP contribution in [-0.2, 0) is 6.18 Å². The Bertz CT molecular complexity index is 967. The van der Waals surface area contributed by atoms with Crippen LogP contribution in [0, 0.1) is 5.82 Å². The normalized spacial score (nSPS) is 13.3. The molecule has 0 radical (unpaired) electrons. The summed E-state index contributed by atoms with van der Waals surface area (Å²) in [6, 6.07) is 2.03. The second-order valence-corrected chi connectivity index (χ2v) is 4.65. The van der Waals surface area contributed by atoms with Crippen LogP contribution in [0.5, 0.6) is 0 Å². The summed E-state index contributed by atoms with van der Waals surface area (Å²) in [4.78, 5) is 18.2. The minimum absolute atomic E-state index is 0.141. The first-order valence-corrected chi connectivity index (χ1v) is 6.29. The Balaban J connectivity index is 2.36. The fourth-order valence-electron chi connectivity index (χ4n) is 2.20. The first-order chi connectivity index (χ1) is 10.4. The number of nitrogens with zero attached hydrogens (tertiary/aromatic N) is 1. The summed E-state index contributed by atoms with van der Waals surface area (Å²) < 4.78 is 52.5. The minimum atomic E-state index is -4.69. The van der Waals surface area contributed by atoms with Crippen molar-refractivity contribution in [3.63, 3.8) is 0 Å². The minimum Gasteiger partial charge on any atom is -0.306 e. The summed E-state index contributed by atoms with van der Waals surface area (Å²) in [6.07, 6.45) is -0.999. The monoisotopic (exact) mass is 308 g/mol. The fraction of sp³-hybridized carbons (Fsp3) is 0.133. The maximum absolute atomic E-state index is 13.3. The fourth-order valence-corrected chi connectivity index (χ4v) is 2.20. The van der Waals surface area contributed by atoms with Gasteiger partial charge in [-0.2, -0.15) is 13.2 Å². The molecule has 0 spiro atoms. The molecule has 112 valence electrons. The lowest BCUT2D eigenvalue weighted by Crippen LogP contribution is -2.43. The number of H-pyrrole nitrogens is 1. The third-order valence-electron chi connectivity index (χ3n) is 3.18. The van der Waals surface area contributed by atoms with Crippen molar-refractivity contribution in [1.82, 2.24) is 9.97 Å². The Morgan fingerprint density at radius 2 is 2.05 bits per heavy atom. The van der Waals surface area contributed by atoms with E-state index >= 15 is 0 Å². The lowest BCUT2D eigenvalue weighted by Gasteiger charge is -2.12. The van der Waals surface area contributed by atoms with Crippen molar-refractivity contribution in [3.05, 3.63) is 56.6 Å². The highest BCUT2D eigenvalue weighted by molar-refractivity contribution is 5.61. The molecule has 0 unspecified atom stereocenters. The van der Waals surface area contributed by atoms with Gasteiger partial charge < -0.3 is 4.98 Å². The first-order valence-electron chi connectivity index (χ1n) is 6.29. The average molecular weight is 308 g/mol. The van der Waals surface area contributed by atoms with Gasteiger partial charge in [0.05, 0.1) is 10.8 Å². The van der Waals surface area contributed by atoms with Crippen LogP contribution < -0.4 is 16.1 Å². The summed E-state index contributed by atoms with van der Waals surface area (Å²) in [6.45, 7) is 0. The van der Waals surface area contributed by atoms with E-state index in [1.54, 1.807) is 12.2 Å². The maximum Gasteiger partial charge on any atom is 0.417 e. The van der Waals surface area contributed by atoms with E-state index in [1.807, 2.05) is 0 Å². The van der Waals surface area contributed by atoms with Crippen LogP contribution in [0.1, 0.15) is 12.0 Å². The molecule has 0 saturated heterocycles. The van der Waals surface area contributed by atoms with Gasteiger partial charge in [-0.05, 0) is 30.7 Å². The van der Waals surface area contributed by atoms with E-state index in [-0.39, 0.29) is 16.4 Å². The predicted molar refractivity (Wildman–Crippen MR) is 71.6 cm³/mol. The molecule has 1 N–H and O–H groups in total. The molecule has 22 heavy (non-hydrogen) atoms. The van der Waals surface area contributed by atoms with Gasteiger partial charge in [0.25, 0.3) is 5.56 Å². The van der Waals surface area contributed by atoms with Gasteiger partial charge in [-0.25, -0.2) is 9.37 Å². The molecule has 7 heteroatoms. The zero-order valence-corrected chi connectivity index (χ0v) is 11.0. The smallest absolute Gasteiger partial charge is 0.306 e. The van der Waals surface area contributed by atoms with Crippen molar-refractivity contribution in [2.75, 3.05) is 0 Å². The largest absolute Gasteiger partial charge is 0.417 e. The van der Waals surface area contributed by atoms with Crippen LogP contribution in [-0.4, -0.2) is 9.97 Å². The predicted octanol–water partition coefficient (Wildman–Crippen LogP) is 1.71. The van der Waals surface area contributed by atoms with E-state index in [4.69, 9.17) is 0 Å². The summed E-state index contributed by atoms with van der Waals surface area (Å²) in [5, 5.41) is 0.388. The lowest BCUT2D eigenvalue weighted by atomic mass is 10.1. The van der Waals surface area contributed by atoms with E-state index in [0.29, 0.717) is 24.6 Å². The highest BCUT2D eigenvalue weighted by atomic mass is 19.4. The SMILES string of the molecule is O=c1[nH]c(-c2cc(F)ccc2C(F)(F)F)nc2c1=CCC=C=2. The summed E-state index contributed by atoms with van der Waals surface area (Å²) in [5.74, 6) is -1.19. The number of fused-ring (bicyclic) bond motifs is 1. The number of allylic oxidation sites excluding steroid dienone is 1. The van der Waals surface area contributed by atoms with Crippen molar-refractivity contribution in [3.8, 4) is 11.4 Å². The molecular weight excluding hydrogens is 300 g/mol. The van der Waals surface area contributed by atoms with Crippen molar-refractivity contribution >= 4 is 11.8 Å². The van der Waals surface area contributed by atoms with Gasteiger partial charge >= 0.3 is 6.18 Å². The molecule has 0 bridgehead atoms. The summed E-state index contributed by atoms with van der Waals surface area (Å²) >= 11 is 0. The first kappa shape index (κ1) is 14.3. The molecular formula is C15H8F4N2O. The molecule has 1 aliphatic rings. The van der Waals surface area contributed by atoms with Crippen molar-refractivity contribution in [2.45, 2.75) is 12.6 Å². The molecule has 2 aromatic rings. The Kier molecular flexibility index (Phi) is 3.22. The van der Waals surface area contributed by atoms with Crippen LogP contribution in [0.25, 0.3) is 23.2 Å². The standard InChI is InChI=1S/C15H8F4N2O/c16-8-5-6-11(15(17,18)19)10(7-8)13-20-12-4-2-1-3-9(12)14(22)21-13/h2-3,5-7H,1H2,(H,20,21,22). The second-order valence-electron chi connectivity index (χ2n) is 4.65. The van der Waals surface area contributed by atoms with Gasteiger partial charge in [0.15, 0.2) is 0 Å². The van der Waals surface area contributed by atoms with E-state index < -0.39 is 28.7 Å². The van der Waals surface area contributed by atoms with Gasteiger partial charge in [0.1, 0.15) is 17.0 Å². The number of hydrogen-bond donors (Lipinski definition) is 1. The Morgan fingerprint density at radius 1 is 1.27 bits per heavy atom. The van der Waals surface area contributed by atoms with Gasteiger partial charge in [-0.15, -0.1) is 0 Å². The Labute approximate surface area is 121 Å². The topological polar surface area (TPSA) is 45.8 Å². The zero-order valence-electron chi connectivity index (χ0n) is 11.0. The van der Waals surface area contributed by atoms with E-state index in [0.717, 1.165) is 0 Å². The number of aromatic amines is 1. The highest BCUT2D eigenvalue weighted by Gasteiger charge is 2.34. The van der Waals surface area contributed by atoms with Crippen LogP contribution in [0.3, 0.4) is 0 Å². The number of aromatic nitrogens is 2. The molecule has 1 aliphatic carbocycles. The molecule has 1 aromatic heterocycles. The highest BCUT2D eigenvalue weighted by Crippen LogP contribution is 2.35. The Hall–Kier alpha value is -2.66. The number of benzene rings is 1. The number of nitrogens with one attached hydrogen (secondary N) is 1. The quantitative estimate of drug-likeness (QED) is 0.815. The third-order valence-corrected chi connectivity index (χ3v) is 3.18. The van der Waals surface area contributed by atoms with Crippen molar-refractivity contribution in [1.29, 1.82) is 0 Å². The molecule has 0 fully saturated rings. The molecule has 3 nitrogen and oxygen atoms in total. The molecule has 0 aliphatic heterocycles. The van der Waals surface area contributed by atoms with Gasteiger partial charge in [0, 0.05) is 5.56 Å². The lowest BCUT2D eigenvalue weighted by molar-refractivity contribution is -0.137. The van der Waals surface area contributed by atoms with Crippen LogP contribution in [0.2, 0.25) is 0 Å². The van der Waals surface area contributed by atoms with Gasteiger partial charge in [-0.1, -0.05) is 11.8 Å².